The zero-order valence-electron chi connectivity index (χ0n) is 14.9. The van der Waals surface area contributed by atoms with Crippen LogP contribution in [0, 0.1) is 0 Å². The summed E-state index contributed by atoms with van der Waals surface area (Å²) in [6, 6.07) is 6.66. The monoisotopic (exact) mass is 364 g/mol. The molecule has 1 fully saturated rings. The van der Waals surface area contributed by atoms with Gasteiger partial charge in [-0.25, -0.2) is 4.79 Å². The summed E-state index contributed by atoms with van der Waals surface area (Å²) in [5, 5.41) is 11.9. The Kier molecular flexibility index (Phi) is 6.97. The van der Waals surface area contributed by atoms with Gasteiger partial charge >= 0.3 is 5.97 Å². The van der Waals surface area contributed by atoms with E-state index in [0.717, 1.165) is 0 Å². The minimum absolute atomic E-state index is 0.00589. The van der Waals surface area contributed by atoms with E-state index in [-0.39, 0.29) is 31.4 Å². The van der Waals surface area contributed by atoms with Crippen molar-refractivity contribution >= 4 is 17.8 Å². The molecular formula is C18H24N2O6. The van der Waals surface area contributed by atoms with E-state index in [4.69, 9.17) is 14.6 Å². The summed E-state index contributed by atoms with van der Waals surface area (Å²) in [5.74, 6) is -1.00. The predicted octanol–water partition coefficient (Wildman–Crippen LogP) is 0.965. The van der Waals surface area contributed by atoms with Gasteiger partial charge < -0.3 is 24.8 Å². The topological polar surface area (TPSA) is 105 Å². The number of nitrogens with one attached hydrogen (secondary N) is 1. The first-order valence-corrected chi connectivity index (χ1v) is 8.53. The Hall–Kier alpha value is -2.61. The number of aliphatic carboxylic acids is 1. The van der Waals surface area contributed by atoms with Gasteiger partial charge in [0.25, 0.3) is 0 Å². The van der Waals surface area contributed by atoms with Crippen molar-refractivity contribution in [3.8, 4) is 5.75 Å². The van der Waals surface area contributed by atoms with E-state index >= 15 is 0 Å². The zero-order chi connectivity index (χ0) is 19.1. The van der Waals surface area contributed by atoms with Crippen LogP contribution in [-0.4, -0.2) is 60.2 Å². The SMILES string of the molecule is CCOc1ccccc1[C@@H](CC(=O)N1CCO[C@@H](C(=O)O)C1)NC(C)=O. The highest BCUT2D eigenvalue weighted by Crippen LogP contribution is 2.28. The summed E-state index contributed by atoms with van der Waals surface area (Å²) in [6.45, 7) is 4.19. The van der Waals surface area contributed by atoms with E-state index < -0.39 is 18.1 Å². The number of carbonyl (C=O) groups is 3. The van der Waals surface area contributed by atoms with Gasteiger partial charge in [0.05, 0.1) is 32.2 Å². The second-order valence-electron chi connectivity index (χ2n) is 5.97. The molecule has 2 atom stereocenters. The average molecular weight is 364 g/mol. The predicted molar refractivity (Wildman–Crippen MR) is 92.7 cm³/mol. The molecule has 1 aromatic rings. The van der Waals surface area contributed by atoms with Crippen molar-refractivity contribution in [2.45, 2.75) is 32.4 Å². The molecule has 1 saturated heterocycles. The molecule has 2 rings (SSSR count). The minimum Gasteiger partial charge on any atom is -0.494 e. The van der Waals surface area contributed by atoms with E-state index in [0.29, 0.717) is 24.5 Å². The highest BCUT2D eigenvalue weighted by Gasteiger charge is 2.31. The van der Waals surface area contributed by atoms with Gasteiger partial charge in [-0.1, -0.05) is 18.2 Å². The van der Waals surface area contributed by atoms with Crippen molar-refractivity contribution in [1.82, 2.24) is 10.2 Å². The number of morpholine rings is 1. The maximum absolute atomic E-state index is 12.7. The summed E-state index contributed by atoms with van der Waals surface area (Å²) in [6.07, 6.45) is -1.02. The van der Waals surface area contributed by atoms with Crippen molar-refractivity contribution in [2.24, 2.45) is 0 Å². The maximum Gasteiger partial charge on any atom is 0.334 e. The third kappa shape index (κ3) is 5.19. The third-order valence-electron chi connectivity index (χ3n) is 4.05. The summed E-state index contributed by atoms with van der Waals surface area (Å²) in [7, 11) is 0. The lowest BCUT2D eigenvalue weighted by Gasteiger charge is -2.32. The number of carbonyl (C=O) groups excluding carboxylic acids is 2. The lowest BCUT2D eigenvalue weighted by molar-refractivity contribution is -0.159. The fourth-order valence-electron chi connectivity index (χ4n) is 2.87. The van der Waals surface area contributed by atoms with Gasteiger partial charge in [-0.2, -0.15) is 0 Å². The number of benzene rings is 1. The van der Waals surface area contributed by atoms with Crippen LogP contribution in [-0.2, 0) is 19.1 Å². The molecule has 0 aliphatic carbocycles. The first kappa shape index (κ1) is 19.7. The number of hydrogen-bond acceptors (Lipinski definition) is 5. The molecule has 26 heavy (non-hydrogen) atoms. The van der Waals surface area contributed by atoms with Gasteiger partial charge in [-0.15, -0.1) is 0 Å². The van der Waals surface area contributed by atoms with Crippen LogP contribution in [0.15, 0.2) is 24.3 Å². The van der Waals surface area contributed by atoms with E-state index in [9.17, 15) is 14.4 Å². The number of amides is 2. The van der Waals surface area contributed by atoms with Crippen LogP contribution in [0.3, 0.4) is 0 Å². The smallest absolute Gasteiger partial charge is 0.334 e. The molecule has 1 heterocycles. The number of rotatable bonds is 7. The molecule has 2 amide bonds. The Labute approximate surface area is 152 Å². The van der Waals surface area contributed by atoms with Gasteiger partial charge in [0.15, 0.2) is 6.10 Å². The summed E-state index contributed by atoms with van der Waals surface area (Å²) in [5.41, 5.74) is 0.709. The minimum atomic E-state index is -1.09. The van der Waals surface area contributed by atoms with Crippen molar-refractivity contribution in [1.29, 1.82) is 0 Å². The van der Waals surface area contributed by atoms with Crippen LogP contribution in [0.25, 0.3) is 0 Å². The number of nitrogens with zero attached hydrogens (tertiary/aromatic N) is 1. The number of carboxylic acid groups (broad SMARTS) is 1. The lowest BCUT2D eigenvalue weighted by Crippen LogP contribution is -2.49. The van der Waals surface area contributed by atoms with Gasteiger partial charge in [-0.3, -0.25) is 9.59 Å². The van der Waals surface area contributed by atoms with Crippen molar-refractivity contribution in [3.63, 3.8) is 0 Å². The molecule has 8 nitrogen and oxygen atoms in total. The molecule has 0 unspecified atom stereocenters. The Balaban J connectivity index is 2.16. The Morgan fingerprint density at radius 1 is 1.38 bits per heavy atom. The first-order chi connectivity index (χ1) is 12.4. The number of hydrogen-bond donors (Lipinski definition) is 2. The summed E-state index contributed by atoms with van der Waals surface area (Å²) >= 11 is 0. The second-order valence-corrected chi connectivity index (χ2v) is 5.97. The van der Waals surface area contributed by atoms with Gasteiger partial charge in [0, 0.05) is 19.0 Å². The van der Waals surface area contributed by atoms with Gasteiger partial charge in [0.2, 0.25) is 11.8 Å². The first-order valence-electron chi connectivity index (χ1n) is 8.53. The van der Waals surface area contributed by atoms with E-state index in [1.165, 1.54) is 11.8 Å². The second kappa shape index (κ2) is 9.19. The molecule has 1 aliphatic heterocycles. The normalized spacial score (nSPS) is 18.1. The Morgan fingerprint density at radius 3 is 2.77 bits per heavy atom. The van der Waals surface area contributed by atoms with Crippen molar-refractivity contribution in [2.75, 3.05) is 26.3 Å². The Bertz CT molecular complexity index is 663. The molecule has 0 spiro atoms. The number of ether oxygens (including phenoxy) is 2. The van der Waals surface area contributed by atoms with Crippen LogP contribution in [0.1, 0.15) is 31.9 Å². The highest BCUT2D eigenvalue weighted by atomic mass is 16.5. The fraction of sp³-hybridized carbons (Fsp3) is 0.500. The van der Waals surface area contributed by atoms with Crippen LogP contribution < -0.4 is 10.1 Å². The molecule has 1 aliphatic rings. The number of para-hydroxylation sites is 1. The zero-order valence-corrected chi connectivity index (χ0v) is 14.9. The maximum atomic E-state index is 12.7. The van der Waals surface area contributed by atoms with Crippen molar-refractivity contribution < 1.29 is 29.0 Å². The van der Waals surface area contributed by atoms with E-state index in [1.54, 1.807) is 12.1 Å². The van der Waals surface area contributed by atoms with Gasteiger partial charge in [0.1, 0.15) is 5.75 Å². The molecule has 0 saturated carbocycles. The highest BCUT2D eigenvalue weighted by molar-refractivity contribution is 5.81. The van der Waals surface area contributed by atoms with Crippen LogP contribution >= 0.6 is 0 Å². The van der Waals surface area contributed by atoms with Crippen molar-refractivity contribution in [3.05, 3.63) is 29.8 Å². The summed E-state index contributed by atoms with van der Waals surface area (Å²) < 4.78 is 10.7. The molecule has 142 valence electrons. The molecule has 2 N–H and O–H groups in total. The van der Waals surface area contributed by atoms with Crippen LogP contribution in [0.5, 0.6) is 5.75 Å². The third-order valence-corrected chi connectivity index (χ3v) is 4.05. The fourth-order valence-corrected chi connectivity index (χ4v) is 2.87. The molecule has 1 aromatic carbocycles. The molecule has 8 heteroatoms. The molecular weight excluding hydrogens is 340 g/mol. The number of carboxylic acids is 1. The Morgan fingerprint density at radius 2 is 2.12 bits per heavy atom. The lowest BCUT2D eigenvalue weighted by atomic mass is 10.0. The molecule has 0 aromatic heterocycles. The molecule has 0 radical (unpaired) electrons. The largest absolute Gasteiger partial charge is 0.494 e. The van der Waals surface area contributed by atoms with Crippen LogP contribution in [0.4, 0.5) is 0 Å². The van der Waals surface area contributed by atoms with E-state index in [1.807, 2.05) is 19.1 Å². The molecule has 0 bridgehead atoms. The van der Waals surface area contributed by atoms with Crippen LogP contribution in [0.2, 0.25) is 0 Å². The summed E-state index contributed by atoms with van der Waals surface area (Å²) in [4.78, 5) is 36.9. The standard InChI is InChI=1S/C18H24N2O6/c1-3-25-15-7-5-4-6-13(15)14(19-12(2)21)10-17(22)20-8-9-26-16(11-20)18(23)24/h4-7,14,16H,3,8-11H2,1-2H3,(H,19,21)(H,23,24)/t14-,16-/m1/s1. The van der Waals surface area contributed by atoms with Gasteiger partial charge in [-0.05, 0) is 13.0 Å². The average Bonchev–Trinajstić information content (AvgIpc) is 2.61. The quantitative estimate of drug-likeness (QED) is 0.747. The van der Waals surface area contributed by atoms with E-state index in [2.05, 4.69) is 5.32 Å².